The van der Waals surface area contributed by atoms with Crippen molar-refractivity contribution in [2.45, 2.75) is 31.2 Å². The first kappa shape index (κ1) is 27.3. The van der Waals surface area contributed by atoms with E-state index in [0.717, 1.165) is 24.0 Å². The number of fused-ring (bicyclic) bond motifs is 1. The lowest BCUT2D eigenvalue weighted by atomic mass is 9.88. The number of amides is 3. The Hall–Kier alpha value is -4.32. The first-order chi connectivity index (χ1) is 19.3. The summed E-state index contributed by atoms with van der Waals surface area (Å²) in [5, 5.41) is 11.2. The van der Waals surface area contributed by atoms with Crippen LogP contribution in [0.3, 0.4) is 0 Å². The quantitative estimate of drug-likeness (QED) is 0.283. The number of hydrogen-bond acceptors (Lipinski definition) is 9. The molecule has 0 bridgehead atoms. The van der Waals surface area contributed by atoms with Crippen molar-refractivity contribution in [3.05, 3.63) is 52.8 Å². The molecule has 1 saturated heterocycles. The van der Waals surface area contributed by atoms with Crippen molar-refractivity contribution < 1.29 is 14.3 Å². The molecule has 2 aliphatic heterocycles. The molecule has 12 nitrogen and oxygen atoms in total. The van der Waals surface area contributed by atoms with Crippen molar-refractivity contribution in [2.75, 3.05) is 44.8 Å². The lowest BCUT2D eigenvalue weighted by Gasteiger charge is -2.39. The number of urea groups is 1. The fraction of sp³-hybridized carbons (Fsp3) is 0.370. The standard InChI is InChI=1S/C27H32ClN9O3/c1-40-19-9-8-16(17-6-2-3-7-18(17)19)5-4-12-31-26(39)37-13-10-27(11-14-37)15-32-25(36-27)35-24(38)20-22(29)34-23(30)21(28)33-20/h2-3,6-9H,4-5,10-15H2,1H3,(H,31,39)(H4,29,30,34)(H2,32,35,36,38). The number of nitrogens with two attached hydrogens (primary N) is 2. The van der Waals surface area contributed by atoms with E-state index in [1.54, 1.807) is 7.11 Å². The number of ether oxygens (including phenoxy) is 1. The van der Waals surface area contributed by atoms with Crippen molar-refractivity contribution in [3.63, 3.8) is 0 Å². The van der Waals surface area contributed by atoms with Crippen LogP contribution in [0.15, 0.2) is 41.4 Å². The van der Waals surface area contributed by atoms with Crippen LogP contribution in [0.5, 0.6) is 5.75 Å². The molecule has 0 saturated carbocycles. The minimum Gasteiger partial charge on any atom is -0.496 e. The molecular formula is C27H32ClN9O3. The maximum Gasteiger partial charge on any atom is 0.317 e. The Morgan fingerprint density at radius 1 is 1.10 bits per heavy atom. The van der Waals surface area contributed by atoms with E-state index in [4.69, 9.17) is 27.8 Å². The topological polar surface area (TPSA) is 173 Å². The van der Waals surface area contributed by atoms with E-state index in [9.17, 15) is 9.59 Å². The van der Waals surface area contributed by atoms with E-state index in [1.165, 1.54) is 10.9 Å². The van der Waals surface area contributed by atoms with E-state index in [2.05, 4.69) is 49.1 Å². The van der Waals surface area contributed by atoms with Crippen LogP contribution in [0.4, 0.5) is 16.4 Å². The maximum atomic E-state index is 12.8. The number of anilines is 2. The average molecular weight is 566 g/mol. The number of benzene rings is 2. The van der Waals surface area contributed by atoms with Crippen LogP contribution >= 0.6 is 11.6 Å². The summed E-state index contributed by atoms with van der Waals surface area (Å²) in [6.45, 7) is 2.21. The summed E-state index contributed by atoms with van der Waals surface area (Å²) in [5.74, 6) is 0.424. The number of aliphatic imine (C=N–C) groups is 1. The average Bonchev–Trinajstić information content (AvgIpc) is 3.34. The van der Waals surface area contributed by atoms with Gasteiger partial charge in [-0.15, -0.1) is 0 Å². The van der Waals surface area contributed by atoms with Crippen molar-refractivity contribution in [3.8, 4) is 5.75 Å². The molecule has 7 N–H and O–H groups in total. The van der Waals surface area contributed by atoms with Crippen LogP contribution in [-0.4, -0.2) is 71.6 Å². The number of carbonyl (C=O) groups excluding carboxylic acids is 2. The minimum atomic E-state index is -0.588. The van der Waals surface area contributed by atoms with Crippen molar-refractivity contribution in [1.82, 2.24) is 30.8 Å². The van der Waals surface area contributed by atoms with Crippen molar-refractivity contribution in [1.29, 1.82) is 0 Å². The second-order valence-corrected chi connectivity index (χ2v) is 10.3. The zero-order valence-corrected chi connectivity index (χ0v) is 22.9. The van der Waals surface area contributed by atoms with E-state index in [0.29, 0.717) is 45.0 Å². The molecule has 210 valence electrons. The number of guanidine groups is 1. The Bertz CT molecular complexity index is 1470. The second-order valence-electron chi connectivity index (χ2n) is 9.95. The largest absolute Gasteiger partial charge is 0.496 e. The molecule has 3 heterocycles. The van der Waals surface area contributed by atoms with Gasteiger partial charge in [-0.2, -0.15) is 0 Å². The molecule has 2 aromatic carbocycles. The summed E-state index contributed by atoms with van der Waals surface area (Å²) in [6.07, 6.45) is 3.06. The van der Waals surface area contributed by atoms with Crippen LogP contribution in [0.2, 0.25) is 5.15 Å². The van der Waals surface area contributed by atoms with E-state index >= 15 is 0 Å². The minimum absolute atomic E-state index is 0.0485. The third-order valence-electron chi connectivity index (χ3n) is 7.38. The van der Waals surface area contributed by atoms with Gasteiger partial charge in [-0.25, -0.2) is 14.8 Å². The van der Waals surface area contributed by atoms with Crippen LogP contribution in [-0.2, 0) is 6.42 Å². The molecule has 3 amide bonds. The number of aryl methyl sites for hydroxylation is 1. The molecular weight excluding hydrogens is 534 g/mol. The first-order valence-corrected chi connectivity index (χ1v) is 13.5. The van der Waals surface area contributed by atoms with Gasteiger partial charge < -0.3 is 31.7 Å². The van der Waals surface area contributed by atoms with Gasteiger partial charge in [-0.1, -0.05) is 41.9 Å². The lowest BCUT2D eigenvalue weighted by molar-refractivity contribution is 0.0971. The van der Waals surface area contributed by atoms with Crippen LogP contribution in [0.1, 0.15) is 35.3 Å². The molecule has 13 heteroatoms. The highest BCUT2D eigenvalue weighted by molar-refractivity contribution is 6.31. The van der Waals surface area contributed by atoms with Crippen LogP contribution < -0.4 is 32.2 Å². The van der Waals surface area contributed by atoms with Gasteiger partial charge in [-0.05, 0) is 42.7 Å². The Balaban J connectivity index is 1.07. The summed E-state index contributed by atoms with van der Waals surface area (Å²) < 4.78 is 5.48. The number of nitrogens with one attached hydrogen (secondary N) is 3. The molecule has 0 aliphatic carbocycles. The van der Waals surface area contributed by atoms with Gasteiger partial charge in [0.1, 0.15) is 5.75 Å². The first-order valence-electron chi connectivity index (χ1n) is 13.1. The number of piperidine rings is 1. The molecule has 1 aromatic heterocycles. The molecule has 1 spiro atoms. The number of rotatable bonds is 6. The maximum absolute atomic E-state index is 12.8. The summed E-state index contributed by atoms with van der Waals surface area (Å²) >= 11 is 5.88. The summed E-state index contributed by atoms with van der Waals surface area (Å²) in [5.41, 5.74) is 12.1. The van der Waals surface area contributed by atoms with Gasteiger partial charge >= 0.3 is 6.03 Å². The highest BCUT2D eigenvalue weighted by Gasteiger charge is 2.40. The number of methoxy groups -OCH3 is 1. The normalized spacial score (nSPS) is 15.9. The number of halogens is 1. The SMILES string of the molecule is COc1ccc(CCCNC(=O)N2CCC3(CC2)CN=C(NC(=O)c2nc(Cl)c(N)nc2N)N3)c2ccccc12. The zero-order chi connectivity index (χ0) is 28.3. The Labute approximate surface area is 236 Å². The number of hydrogen-bond donors (Lipinski definition) is 5. The van der Waals surface area contributed by atoms with Crippen molar-refractivity contribution >= 4 is 51.9 Å². The van der Waals surface area contributed by atoms with Gasteiger partial charge in [0.2, 0.25) is 0 Å². The predicted molar refractivity (Wildman–Crippen MR) is 155 cm³/mol. The lowest BCUT2D eigenvalue weighted by Crippen LogP contribution is -2.58. The van der Waals surface area contributed by atoms with Gasteiger partial charge in [-0.3, -0.25) is 15.1 Å². The number of likely N-dealkylation sites (tertiary alicyclic amines) is 1. The molecule has 5 rings (SSSR count). The predicted octanol–water partition coefficient (Wildman–Crippen LogP) is 2.32. The Kier molecular flexibility index (Phi) is 7.78. The second kappa shape index (κ2) is 11.4. The van der Waals surface area contributed by atoms with Gasteiger partial charge in [0.05, 0.1) is 19.2 Å². The van der Waals surface area contributed by atoms with Crippen LogP contribution in [0, 0.1) is 0 Å². The monoisotopic (exact) mass is 565 g/mol. The van der Waals surface area contributed by atoms with Crippen LogP contribution in [0.25, 0.3) is 10.8 Å². The summed E-state index contributed by atoms with van der Waals surface area (Å²) in [6, 6.07) is 12.2. The van der Waals surface area contributed by atoms with Gasteiger partial charge in [0, 0.05) is 25.0 Å². The number of nitrogens with zero attached hydrogens (tertiary/aromatic N) is 4. The van der Waals surface area contributed by atoms with Gasteiger partial charge in [0.25, 0.3) is 5.91 Å². The molecule has 2 aliphatic rings. The fourth-order valence-electron chi connectivity index (χ4n) is 5.14. The third kappa shape index (κ3) is 5.67. The number of nitrogen functional groups attached to an aromatic ring is 2. The van der Waals surface area contributed by atoms with E-state index in [1.807, 2.05) is 23.1 Å². The highest BCUT2D eigenvalue weighted by Crippen LogP contribution is 2.29. The molecule has 0 unspecified atom stereocenters. The number of carbonyl (C=O) groups is 2. The highest BCUT2D eigenvalue weighted by atomic mass is 35.5. The summed E-state index contributed by atoms with van der Waals surface area (Å²) in [7, 11) is 1.68. The zero-order valence-electron chi connectivity index (χ0n) is 22.2. The van der Waals surface area contributed by atoms with E-state index < -0.39 is 5.91 Å². The molecule has 3 aromatic rings. The Morgan fingerprint density at radius 3 is 2.60 bits per heavy atom. The molecule has 0 atom stereocenters. The number of aromatic nitrogens is 2. The van der Waals surface area contributed by atoms with Crippen molar-refractivity contribution in [2.24, 2.45) is 4.99 Å². The molecule has 1 fully saturated rings. The third-order valence-corrected chi connectivity index (χ3v) is 7.65. The smallest absolute Gasteiger partial charge is 0.317 e. The molecule has 40 heavy (non-hydrogen) atoms. The summed E-state index contributed by atoms with van der Waals surface area (Å²) in [4.78, 5) is 39.4. The molecule has 0 radical (unpaired) electrons. The fourth-order valence-corrected chi connectivity index (χ4v) is 5.27. The van der Waals surface area contributed by atoms with Gasteiger partial charge in [0.15, 0.2) is 28.4 Å². The van der Waals surface area contributed by atoms with E-state index in [-0.39, 0.29) is 34.1 Å². The Morgan fingerprint density at radius 2 is 1.85 bits per heavy atom.